The summed E-state index contributed by atoms with van der Waals surface area (Å²) < 4.78 is 1.78. The van der Waals surface area contributed by atoms with E-state index in [1.165, 1.54) is 0 Å². The summed E-state index contributed by atoms with van der Waals surface area (Å²) in [6.45, 7) is 0. The van der Waals surface area contributed by atoms with Gasteiger partial charge >= 0.3 is 0 Å². The normalized spacial score (nSPS) is 10.4. The highest BCUT2D eigenvalue weighted by atomic mass is 35.5. The highest BCUT2D eigenvalue weighted by Gasteiger charge is 2.14. The third kappa shape index (κ3) is 2.36. The van der Waals surface area contributed by atoms with E-state index in [1.54, 1.807) is 53.6 Å². The number of rotatable bonds is 3. The monoisotopic (exact) mass is 282 g/mol. The molecule has 0 aliphatic rings. The van der Waals surface area contributed by atoms with Gasteiger partial charge in [0.25, 0.3) is 0 Å². The maximum atomic E-state index is 12.6. The van der Waals surface area contributed by atoms with Gasteiger partial charge < -0.3 is 4.57 Å². The topological polar surface area (TPSA) is 34.9 Å². The van der Waals surface area contributed by atoms with Crippen molar-refractivity contribution in [3.63, 3.8) is 0 Å². The number of imidazole rings is 1. The van der Waals surface area contributed by atoms with Crippen molar-refractivity contribution >= 4 is 17.4 Å². The molecule has 0 unspecified atom stereocenters. The van der Waals surface area contributed by atoms with Crippen LogP contribution in [-0.2, 0) is 0 Å². The number of hydrogen-bond donors (Lipinski definition) is 0. The lowest BCUT2D eigenvalue weighted by atomic mass is 10.0. The number of benzene rings is 2. The number of halogens is 1. The molecule has 1 aromatic heterocycles. The van der Waals surface area contributed by atoms with Crippen molar-refractivity contribution < 1.29 is 4.79 Å². The van der Waals surface area contributed by atoms with Crippen LogP contribution in [0.1, 0.15) is 15.9 Å². The average molecular weight is 283 g/mol. The van der Waals surface area contributed by atoms with Gasteiger partial charge in [-0.25, -0.2) is 4.98 Å². The molecule has 0 saturated heterocycles. The molecule has 3 aromatic rings. The molecule has 0 N–H and O–H groups in total. The van der Waals surface area contributed by atoms with Crippen molar-refractivity contribution in [2.45, 2.75) is 0 Å². The zero-order valence-corrected chi connectivity index (χ0v) is 11.3. The Morgan fingerprint density at radius 3 is 2.60 bits per heavy atom. The van der Waals surface area contributed by atoms with Crippen molar-refractivity contribution in [3.05, 3.63) is 83.4 Å². The first-order chi connectivity index (χ1) is 9.75. The fourth-order valence-corrected chi connectivity index (χ4v) is 2.22. The molecule has 0 radical (unpaired) electrons. The van der Waals surface area contributed by atoms with Gasteiger partial charge in [-0.3, -0.25) is 4.79 Å². The van der Waals surface area contributed by atoms with E-state index in [4.69, 9.17) is 11.6 Å². The molecule has 0 amide bonds. The first-order valence-corrected chi connectivity index (χ1v) is 6.51. The second-order valence-electron chi connectivity index (χ2n) is 4.33. The van der Waals surface area contributed by atoms with Crippen LogP contribution in [0.3, 0.4) is 0 Å². The first kappa shape index (κ1) is 12.6. The Morgan fingerprint density at radius 2 is 1.90 bits per heavy atom. The summed E-state index contributed by atoms with van der Waals surface area (Å²) >= 11 is 6.04. The fraction of sp³-hybridized carbons (Fsp3) is 0. The predicted molar refractivity (Wildman–Crippen MR) is 78.4 cm³/mol. The molecule has 0 atom stereocenters. The summed E-state index contributed by atoms with van der Waals surface area (Å²) in [5, 5.41) is 0.582. The highest BCUT2D eigenvalue weighted by Crippen LogP contribution is 2.22. The van der Waals surface area contributed by atoms with E-state index in [1.807, 2.05) is 18.2 Å². The maximum Gasteiger partial charge on any atom is 0.195 e. The van der Waals surface area contributed by atoms with Gasteiger partial charge in [0.1, 0.15) is 0 Å². The zero-order valence-electron chi connectivity index (χ0n) is 10.5. The van der Waals surface area contributed by atoms with Crippen molar-refractivity contribution in [3.8, 4) is 5.69 Å². The molecular formula is C16H11ClN2O. The molecule has 0 saturated carbocycles. The van der Waals surface area contributed by atoms with E-state index in [-0.39, 0.29) is 5.78 Å². The van der Waals surface area contributed by atoms with Gasteiger partial charge in [-0.1, -0.05) is 41.9 Å². The summed E-state index contributed by atoms with van der Waals surface area (Å²) in [7, 11) is 0. The van der Waals surface area contributed by atoms with Crippen LogP contribution in [-0.4, -0.2) is 15.3 Å². The van der Waals surface area contributed by atoms with Gasteiger partial charge in [0.15, 0.2) is 5.78 Å². The van der Waals surface area contributed by atoms with Gasteiger partial charge in [-0.15, -0.1) is 0 Å². The maximum absolute atomic E-state index is 12.6. The summed E-state index contributed by atoms with van der Waals surface area (Å²) in [6.07, 6.45) is 5.10. The molecule has 2 aromatic carbocycles. The molecule has 0 bridgehead atoms. The molecule has 4 heteroatoms. The second kappa shape index (κ2) is 5.31. The Hall–Kier alpha value is -2.39. The number of aromatic nitrogens is 2. The fourth-order valence-electron chi connectivity index (χ4n) is 2.06. The van der Waals surface area contributed by atoms with Gasteiger partial charge in [0, 0.05) is 28.5 Å². The second-order valence-corrected chi connectivity index (χ2v) is 4.76. The number of nitrogens with zero attached hydrogens (tertiary/aromatic N) is 2. The Morgan fingerprint density at radius 1 is 1.10 bits per heavy atom. The molecular weight excluding hydrogens is 272 g/mol. The summed E-state index contributed by atoms with van der Waals surface area (Å²) in [6, 6.07) is 14.4. The number of carbonyl (C=O) groups excluding carboxylic acids is 1. The van der Waals surface area contributed by atoms with Gasteiger partial charge in [0.2, 0.25) is 0 Å². The van der Waals surface area contributed by atoms with Crippen LogP contribution >= 0.6 is 11.6 Å². The molecule has 0 fully saturated rings. The largest absolute Gasteiger partial charge is 0.306 e. The molecule has 20 heavy (non-hydrogen) atoms. The van der Waals surface area contributed by atoms with Crippen molar-refractivity contribution in [1.29, 1.82) is 0 Å². The van der Waals surface area contributed by atoms with Gasteiger partial charge in [-0.2, -0.15) is 0 Å². The third-order valence-electron chi connectivity index (χ3n) is 3.02. The third-order valence-corrected chi connectivity index (χ3v) is 3.26. The Labute approximate surface area is 121 Å². The lowest BCUT2D eigenvalue weighted by molar-refractivity contribution is 0.103. The van der Waals surface area contributed by atoms with Crippen LogP contribution in [0.5, 0.6) is 0 Å². The Kier molecular flexibility index (Phi) is 3.35. The van der Waals surface area contributed by atoms with Crippen LogP contribution < -0.4 is 0 Å². The van der Waals surface area contributed by atoms with Crippen LogP contribution in [0, 0.1) is 0 Å². The van der Waals surface area contributed by atoms with E-state index in [9.17, 15) is 4.79 Å². The average Bonchev–Trinajstić information content (AvgIpc) is 3.01. The molecule has 0 aliphatic heterocycles. The van der Waals surface area contributed by atoms with E-state index < -0.39 is 0 Å². The summed E-state index contributed by atoms with van der Waals surface area (Å²) in [5.74, 6) is -0.0361. The first-order valence-electron chi connectivity index (χ1n) is 6.13. The van der Waals surface area contributed by atoms with Crippen LogP contribution in [0.25, 0.3) is 5.69 Å². The number of carbonyl (C=O) groups is 1. The summed E-state index contributed by atoms with van der Waals surface area (Å²) in [4.78, 5) is 16.6. The molecule has 1 heterocycles. The molecule has 3 nitrogen and oxygen atoms in total. The molecule has 3 rings (SSSR count). The highest BCUT2D eigenvalue weighted by molar-refractivity contribution is 6.31. The predicted octanol–water partition coefficient (Wildman–Crippen LogP) is 3.76. The minimum absolute atomic E-state index is 0.0361. The quantitative estimate of drug-likeness (QED) is 0.686. The number of ketones is 1. The number of hydrogen-bond acceptors (Lipinski definition) is 2. The van der Waals surface area contributed by atoms with Crippen molar-refractivity contribution in [2.24, 2.45) is 0 Å². The van der Waals surface area contributed by atoms with Gasteiger partial charge in [-0.05, 0) is 18.2 Å². The van der Waals surface area contributed by atoms with Crippen molar-refractivity contribution in [1.82, 2.24) is 9.55 Å². The summed E-state index contributed by atoms with van der Waals surface area (Å²) in [5.41, 5.74) is 1.97. The molecule has 98 valence electrons. The Bertz CT molecular complexity index is 736. The SMILES string of the molecule is O=C(c1ccccc1)c1ccc(Cl)cc1-n1ccnc1. The van der Waals surface area contributed by atoms with Crippen LogP contribution in [0.2, 0.25) is 5.02 Å². The van der Waals surface area contributed by atoms with E-state index in [2.05, 4.69) is 4.98 Å². The standard InChI is InChI=1S/C16H11ClN2O/c17-13-6-7-14(15(10-13)19-9-8-18-11-19)16(20)12-4-2-1-3-5-12/h1-11H. The van der Waals surface area contributed by atoms with E-state index in [0.717, 1.165) is 5.69 Å². The minimum Gasteiger partial charge on any atom is -0.306 e. The van der Waals surface area contributed by atoms with Crippen molar-refractivity contribution in [2.75, 3.05) is 0 Å². The van der Waals surface area contributed by atoms with E-state index in [0.29, 0.717) is 16.1 Å². The van der Waals surface area contributed by atoms with Gasteiger partial charge in [0.05, 0.1) is 12.0 Å². The zero-order chi connectivity index (χ0) is 13.9. The van der Waals surface area contributed by atoms with Crippen LogP contribution in [0.4, 0.5) is 0 Å². The molecule has 0 aliphatic carbocycles. The molecule has 0 spiro atoms. The Balaban J connectivity index is 2.13. The lowest BCUT2D eigenvalue weighted by Gasteiger charge is -2.10. The lowest BCUT2D eigenvalue weighted by Crippen LogP contribution is -2.06. The smallest absolute Gasteiger partial charge is 0.195 e. The van der Waals surface area contributed by atoms with E-state index >= 15 is 0 Å². The minimum atomic E-state index is -0.0361. The van der Waals surface area contributed by atoms with Crippen LogP contribution in [0.15, 0.2) is 67.3 Å².